The summed E-state index contributed by atoms with van der Waals surface area (Å²) in [4.78, 5) is 11.6. The lowest BCUT2D eigenvalue weighted by atomic mass is 10.0. The minimum atomic E-state index is -0.390. The maximum absolute atomic E-state index is 11.6. The van der Waals surface area contributed by atoms with Crippen molar-refractivity contribution < 1.29 is 9.90 Å². The maximum Gasteiger partial charge on any atom is 0.224 e. The zero-order valence-corrected chi connectivity index (χ0v) is 9.96. The minimum Gasteiger partial charge on any atom is -0.391 e. The van der Waals surface area contributed by atoms with Crippen molar-refractivity contribution in [3.63, 3.8) is 0 Å². The highest BCUT2D eigenvalue weighted by atomic mass is 35.5. The van der Waals surface area contributed by atoms with Gasteiger partial charge in [-0.05, 0) is 12.8 Å². The van der Waals surface area contributed by atoms with Crippen molar-refractivity contribution in [2.45, 2.75) is 51.2 Å². The first-order valence-electron chi connectivity index (χ1n) is 5.69. The lowest BCUT2D eigenvalue weighted by Gasteiger charge is -2.23. The molecule has 1 aliphatic carbocycles. The third-order valence-corrected chi connectivity index (χ3v) is 3.45. The van der Waals surface area contributed by atoms with Crippen LogP contribution < -0.4 is 5.32 Å². The zero-order valence-electron chi connectivity index (χ0n) is 9.21. The molecule has 0 radical (unpaired) electrons. The largest absolute Gasteiger partial charge is 0.391 e. The molecule has 2 N–H and O–H groups in total. The van der Waals surface area contributed by atoms with Crippen LogP contribution in [0.15, 0.2) is 0 Å². The summed E-state index contributed by atoms with van der Waals surface area (Å²) < 4.78 is 0. The Morgan fingerprint density at radius 3 is 2.80 bits per heavy atom. The first-order chi connectivity index (χ1) is 7.15. The van der Waals surface area contributed by atoms with E-state index in [9.17, 15) is 9.90 Å². The fraction of sp³-hybridized carbons (Fsp3) is 0.909. The van der Waals surface area contributed by atoms with Gasteiger partial charge in [0.25, 0.3) is 0 Å². The average Bonchev–Trinajstić information content (AvgIpc) is 2.43. The fourth-order valence-electron chi connectivity index (χ4n) is 1.85. The van der Waals surface area contributed by atoms with Gasteiger partial charge in [-0.3, -0.25) is 4.79 Å². The van der Waals surface area contributed by atoms with Gasteiger partial charge in [0.15, 0.2) is 0 Å². The highest BCUT2D eigenvalue weighted by Gasteiger charge is 2.24. The molecule has 15 heavy (non-hydrogen) atoms. The first kappa shape index (κ1) is 12.8. The van der Waals surface area contributed by atoms with Gasteiger partial charge in [0.05, 0.1) is 12.1 Å². The van der Waals surface area contributed by atoms with Gasteiger partial charge in [-0.15, -0.1) is 11.6 Å². The molecule has 3 unspecified atom stereocenters. The predicted octanol–water partition coefficient (Wildman–Crippen LogP) is 1.67. The van der Waals surface area contributed by atoms with Crippen LogP contribution in [0.2, 0.25) is 0 Å². The Kier molecular flexibility index (Phi) is 5.40. The van der Waals surface area contributed by atoms with Crippen molar-refractivity contribution in [3.8, 4) is 0 Å². The Bertz CT molecular complexity index is 211. The van der Waals surface area contributed by atoms with E-state index < -0.39 is 0 Å². The summed E-state index contributed by atoms with van der Waals surface area (Å²) in [6, 6.07) is -0.0781. The van der Waals surface area contributed by atoms with Gasteiger partial charge in [0.2, 0.25) is 5.91 Å². The van der Waals surface area contributed by atoms with Gasteiger partial charge in [0, 0.05) is 11.8 Å². The third kappa shape index (κ3) is 3.99. The van der Waals surface area contributed by atoms with Crippen LogP contribution in [0.5, 0.6) is 0 Å². The Morgan fingerprint density at radius 2 is 2.13 bits per heavy atom. The number of rotatable bonds is 3. The lowest BCUT2D eigenvalue weighted by molar-refractivity contribution is -0.125. The lowest BCUT2D eigenvalue weighted by Crippen LogP contribution is -2.45. The van der Waals surface area contributed by atoms with Crippen LogP contribution in [0.4, 0.5) is 0 Å². The number of aliphatic hydroxyl groups is 1. The molecule has 0 heterocycles. The van der Waals surface area contributed by atoms with E-state index in [4.69, 9.17) is 11.6 Å². The van der Waals surface area contributed by atoms with E-state index >= 15 is 0 Å². The summed E-state index contributed by atoms with van der Waals surface area (Å²) in [6.45, 7) is 1.80. The SMILES string of the molecule is CC(CCl)C(=O)NC1CCCCCC1O. The minimum absolute atomic E-state index is 0.0454. The molecular weight excluding hydrogens is 214 g/mol. The van der Waals surface area contributed by atoms with Gasteiger partial charge in [-0.2, -0.15) is 0 Å². The van der Waals surface area contributed by atoms with Crippen LogP contribution in [0.1, 0.15) is 39.0 Å². The average molecular weight is 234 g/mol. The summed E-state index contributed by atoms with van der Waals surface area (Å²) >= 11 is 5.61. The second-order valence-electron chi connectivity index (χ2n) is 4.38. The molecule has 1 aliphatic rings. The standard InChI is InChI=1S/C11H20ClNO2/c1-8(7-12)11(15)13-9-5-3-2-4-6-10(9)14/h8-10,14H,2-7H2,1H3,(H,13,15). The number of carbonyl (C=O) groups excluding carboxylic acids is 1. The van der Waals surface area contributed by atoms with Crippen molar-refractivity contribution in [2.24, 2.45) is 5.92 Å². The smallest absolute Gasteiger partial charge is 0.224 e. The molecular formula is C11H20ClNO2. The number of amides is 1. The van der Waals surface area contributed by atoms with Gasteiger partial charge in [0.1, 0.15) is 0 Å². The van der Waals surface area contributed by atoms with Gasteiger partial charge in [-0.25, -0.2) is 0 Å². The van der Waals surface area contributed by atoms with Crippen molar-refractivity contribution in [1.29, 1.82) is 0 Å². The molecule has 3 nitrogen and oxygen atoms in total. The molecule has 1 amide bonds. The zero-order chi connectivity index (χ0) is 11.3. The second kappa shape index (κ2) is 6.33. The van der Waals surface area contributed by atoms with Crippen LogP contribution in [0, 0.1) is 5.92 Å². The van der Waals surface area contributed by atoms with E-state index in [0.717, 1.165) is 32.1 Å². The number of halogens is 1. The molecule has 1 saturated carbocycles. The Morgan fingerprint density at radius 1 is 1.47 bits per heavy atom. The number of aliphatic hydroxyl groups excluding tert-OH is 1. The molecule has 88 valence electrons. The van der Waals surface area contributed by atoms with Crippen LogP contribution in [0.25, 0.3) is 0 Å². The van der Waals surface area contributed by atoms with Gasteiger partial charge in [-0.1, -0.05) is 26.2 Å². The topological polar surface area (TPSA) is 49.3 Å². The molecule has 4 heteroatoms. The van der Waals surface area contributed by atoms with E-state index in [2.05, 4.69) is 5.32 Å². The van der Waals surface area contributed by atoms with Crippen LogP contribution >= 0.6 is 11.6 Å². The van der Waals surface area contributed by atoms with E-state index in [0.29, 0.717) is 5.88 Å². The molecule has 1 rings (SSSR count). The molecule has 0 bridgehead atoms. The summed E-state index contributed by atoms with van der Waals surface area (Å²) in [5, 5.41) is 12.7. The van der Waals surface area contributed by atoms with Gasteiger partial charge < -0.3 is 10.4 Å². The normalized spacial score (nSPS) is 29.3. The van der Waals surface area contributed by atoms with Gasteiger partial charge >= 0.3 is 0 Å². The van der Waals surface area contributed by atoms with E-state index in [1.165, 1.54) is 0 Å². The Balaban J connectivity index is 2.44. The molecule has 3 atom stereocenters. The monoisotopic (exact) mass is 233 g/mol. The van der Waals surface area contributed by atoms with Crippen LogP contribution in [-0.4, -0.2) is 29.0 Å². The van der Waals surface area contributed by atoms with E-state index in [1.807, 2.05) is 0 Å². The number of hydrogen-bond donors (Lipinski definition) is 2. The van der Waals surface area contributed by atoms with E-state index in [-0.39, 0.29) is 24.0 Å². The summed E-state index contributed by atoms with van der Waals surface area (Å²) in [6.07, 6.45) is 4.56. The summed E-state index contributed by atoms with van der Waals surface area (Å²) in [5.74, 6) is 0.104. The fourth-order valence-corrected chi connectivity index (χ4v) is 1.99. The predicted molar refractivity (Wildman–Crippen MR) is 60.9 cm³/mol. The molecule has 0 aromatic carbocycles. The molecule has 0 spiro atoms. The van der Waals surface area contributed by atoms with Crippen LogP contribution in [0.3, 0.4) is 0 Å². The molecule has 0 aromatic rings. The van der Waals surface area contributed by atoms with Crippen molar-refractivity contribution in [1.82, 2.24) is 5.32 Å². The number of hydrogen-bond acceptors (Lipinski definition) is 2. The molecule has 0 saturated heterocycles. The number of carbonyl (C=O) groups is 1. The number of alkyl halides is 1. The molecule has 0 aromatic heterocycles. The quantitative estimate of drug-likeness (QED) is 0.576. The van der Waals surface area contributed by atoms with Crippen molar-refractivity contribution in [2.75, 3.05) is 5.88 Å². The van der Waals surface area contributed by atoms with Crippen molar-refractivity contribution in [3.05, 3.63) is 0 Å². The Hall–Kier alpha value is -0.280. The third-order valence-electron chi connectivity index (χ3n) is 2.99. The maximum atomic E-state index is 11.6. The van der Waals surface area contributed by atoms with E-state index in [1.54, 1.807) is 6.92 Å². The summed E-state index contributed by atoms with van der Waals surface area (Å²) in [7, 11) is 0. The van der Waals surface area contributed by atoms with Crippen molar-refractivity contribution >= 4 is 17.5 Å². The second-order valence-corrected chi connectivity index (χ2v) is 4.68. The first-order valence-corrected chi connectivity index (χ1v) is 6.23. The summed E-state index contributed by atoms with van der Waals surface area (Å²) in [5.41, 5.74) is 0. The number of nitrogens with one attached hydrogen (secondary N) is 1. The molecule has 0 aliphatic heterocycles. The highest BCUT2D eigenvalue weighted by molar-refractivity contribution is 6.19. The molecule has 1 fully saturated rings. The Labute approximate surface area is 96.2 Å². The van der Waals surface area contributed by atoms with Crippen LogP contribution in [-0.2, 0) is 4.79 Å². The highest BCUT2D eigenvalue weighted by Crippen LogP contribution is 2.18.